The lowest BCUT2D eigenvalue weighted by molar-refractivity contribution is -0.131. The highest BCUT2D eigenvalue weighted by Crippen LogP contribution is 2.35. The van der Waals surface area contributed by atoms with Crippen LogP contribution in [-0.2, 0) is 4.79 Å². The molecule has 0 aliphatic heterocycles. The third-order valence-electron chi connectivity index (χ3n) is 2.47. The molecule has 1 N–H and O–H groups in total. The molecule has 1 heterocycles. The first-order valence-electron chi connectivity index (χ1n) is 5.34. The smallest absolute Gasteiger partial charge is 0.328 e. The molecule has 0 radical (unpaired) electrons. The monoisotopic (exact) mass is 278 g/mol. The van der Waals surface area contributed by atoms with E-state index in [2.05, 4.69) is 0 Å². The molecular weight excluding hydrogens is 268 g/mol. The van der Waals surface area contributed by atoms with Crippen molar-refractivity contribution in [1.29, 1.82) is 0 Å². The average molecular weight is 279 g/mol. The quantitative estimate of drug-likeness (QED) is 0.841. The van der Waals surface area contributed by atoms with Crippen LogP contribution >= 0.6 is 22.9 Å². The first kappa shape index (κ1) is 12.9. The molecule has 2 rings (SSSR count). The van der Waals surface area contributed by atoms with E-state index in [1.54, 1.807) is 6.08 Å². The highest BCUT2D eigenvalue weighted by molar-refractivity contribution is 7.16. The first-order valence-corrected chi connectivity index (χ1v) is 6.53. The Morgan fingerprint density at radius 1 is 1.33 bits per heavy atom. The van der Waals surface area contributed by atoms with Crippen molar-refractivity contribution < 1.29 is 9.90 Å². The zero-order valence-electron chi connectivity index (χ0n) is 9.68. The van der Waals surface area contributed by atoms with Gasteiger partial charge in [0.25, 0.3) is 0 Å². The molecule has 2 aromatic rings. The van der Waals surface area contributed by atoms with Gasteiger partial charge in [0.2, 0.25) is 0 Å². The van der Waals surface area contributed by atoms with E-state index >= 15 is 0 Å². The predicted octanol–water partition coefficient (Wildman–Crippen LogP) is 4.47. The number of halogens is 1. The minimum Gasteiger partial charge on any atom is -0.478 e. The summed E-state index contributed by atoms with van der Waals surface area (Å²) in [6, 6.07) is 9.73. The normalized spacial score (nSPS) is 11.0. The number of carboxylic acids is 1. The molecule has 1 aromatic carbocycles. The van der Waals surface area contributed by atoms with Crippen LogP contribution in [0.1, 0.15) is 10.4 Å². The molecule has 18 heavy (non-hydrogen) atoms. The second kappa shape index (κ2) is 5.38. The molecule has 0 fully saturated rings. The molecule has 0 unspecified atom stereocenters. The number of hydrogen-bond donors (Lipinski definition) is 1. The summed E-state index contributed by atoms with van der Waals surface area (Å²) >= 11 is 7.78. The lowest BCUT2D eigenvalue weighted by Crippen LogP contribution is -1.84. The first-order chi connectivity index (χ1) is 8.58. The number of thiophene rings is 1. The van der Waals surface area contributed by atoms with Crippen molar-refractivity contribution in [3.8, 4) is 10.4 Å². The van der Waals surface area contributed by atoms with E-state index in [0.717, 1.165) is 32.0 Å². The lowest BCUT2D eigenvalue weighted by atomic mass is 10.1. The van der Waals surface area contributed by atoms with Crippen molar-refractivity contribution in [3.63, 3.8) is 0 Å². The minimum absolute atomic E-state index is 0.744. The molecule has 0 spiro atoms. The van der Waals surface area contributed by atoms with Gasteiger partial charge in [0.15, 0.2) is 0 Å². The molecule has 0 amide bonds. The highest BCUT2D eigenvalue weighted by Gasteiger charge is 2.07. The van der Waals surface area contributed by atoms with Crippen molar-refractivity contribution in [2.45, 2.75) is 6.92 Å². The van der Waals surface area contributed by atoms with Crippen LogP contribution in [0.2, 0.25) is 5.02 Å². The Kier molecular flexibility index (Phi) is 3.84. The standard InChI is InChI=1S/C14H11ClO2S/c1-9-3-2-4-11(14(9)15)12-7-5-10(18-12)6-8-13(16)17/h2-8H,1H3,(H,16,17)/b8-6+. The maximum atomic E-state index is 10.4. The molecular formula is C14H11ClO2S. The molecule has 0 saturated carbocycles. The summed E-state index contributed by atoms with van der Waals surface area (Å²) in [5.41, 5.74) is 2.02. The molecule has 4 heteroatoms. The minimum atomic E-state index is -0.946. The number of hydrogen-bond acceptors (Lipinski definition) is 2. The van der Waals surface area contributed by atoms with Crippen LogP contribution in [0.25, 0.3) is 16.5 Å². The van der Waals surface area contributed by atoms with Crippen LogP contribution in [0.3, 0.4) is 0 Å². The summed E-state index contributed by atoms with van der Waals surface area (Å²) in [4.78, 5) is 12.4. The number of carbonyl (C=O) groups is 1. The van der Waals surface area contributed by atoms with Gasteiger partial charge in [-0.05, 0) is 30.7 Å². The van der Waals surface area contributed by atoms with Crippen molar-refractivity contribution in [1.82, 2.24) is 0 Å². The lowest BCUT2D eigenvalue weighted by Gasteiger charge is -2.03. The van der Waals surface area contributed by atoms with Crippen LogP contribution < -0.4 is 0 Å². The molecule has 0 saturated heterocycles. The number of benzene rings is 1. The summed E-state index contributed by atoms with van der Waals surface area (Å²) in [5.74, 6) is -0.946. The van der Waals surface area contributed by atoms with Gasteiger partial charge in [-0.3, -0.25) is 0 Å². The number of aliphatic carboxylic acids is 1. The fourth-order valence-corrected chi connectivity index (χ4v) is 2.80. The zero-order valence-corrected chi connectivity index (χ0v) is 11.3. The number of carboxylic acid groups (broad SMARTS) is 1. The molecule has 0 bridgehead atoms. The van der Waals surface area contributed by atoms with E-state index < -0.39 is 5.97 Å². The van der Waals surface area contributed by atoms with E-state index in [-0.39, 0.29) is 0 Å². The largest absolute Gasteiger partial charge is 0.478 e. The Hall–Kier alpha value is -1.58. The van der Waals surface area contributed by atoms with Gasteiger partial charge >= 0.3 is 5.97 Å². The Bertz CT molecular complexity index is 614. The van der Waals surface area contributed by atoms with Crippen molar-refractivity contribution >= 4 is 35.0 Å². The van der Waals surface area contributed by atoms with E-state index in [1.165, 1.54) is 11.3 Å². The summed E-state index contributed by atoms with van der Waals surface area (Å²) in [6.07, 6.45) is 2.72. The van der Waals surface area contributed by atoms with E-state index in [1.807, 2.05) is 37.3 Å². The van der Waals surface area contributed by atoms with Crippen LogP contribution in [0.5, 0.6) is 0 Å². The van der Waals surface area contributed by atoms with Crippen LogP contribution in [-0.4, -0.2) is 11.1 Å². The van der Waals surface area contributed by atoms with Crippen LogP contribution in [0.15, 0.2) is 36.4 Å². The van der Waals surface area contributed by atoms with E-state index in [4.69, 9.17) is 16.7 Å². The Labute approximate surface area is 114 Å². The molecule has 92 valence electrons. The summed E-state index contributed by atoms with van der Waals surface area (Å²) in [5, 5.41) is 9.32. The van der Waals surface area contributed by atoms with Crippen LogP contribution in [0, 0.1) is 6.92 Å². The summed E-state index contributed by atoms with van der Waals surface area (Å²) < 4.78 is 0. The third kappa shape index (κ3) is 2.81. The maximum Gasteiger partial charge on any atom is 0.328 e. The van der Waals surface area contributed by atoms with Gasteiger partial charge in [-0.2, -0.15) is 0 Å². The molecule has 2 nitrogen and oxygen atoms in total. The maximum absolute atomic E-state index is 10.4. The molecule has 0 aliphatic rings. The second-order valence-corrected chi connectivity index (χ2v) is 5.30. The summed E-state index contributed by atoms with van der Waals surface area (Å²) in [6.45, 7) is 1.96. The van der Waals surface area contributed by atoms with E-state index in [9.17, 15) is 4.79 Å². The Morgan fingerprint density at radius 2 is 2.11 bits per heavy atom. The van der Waals surface area contributed by atoms with Crippen LogP contribution in [0.4, 0.5) is 0 Å². The predicted molar refractivity (Wildman–Crippen MR) is 76.2 cm³/mol. The fraction of sp³-hybridized carbons (Fsp3) is 0.0714. The fourth-order valence-electron chi connectivity index (χ4n) is 1.58. The average Bonchev–Trinajstić information content (AvgIpc) is 2.78. The Morgan fingerprint density at radius 3 is 2.83 bits per heavy atom. The van der Waals surface area contributed by atoms with Gasteiger partial charge in [-0.25, -0.2) is 4.79 Å². The van der Waals surface area contributed by atoms with Gasteiger partial charge in [-0.1, -0.05) is 29.8 Å². The molecule has 0 atom stereocenters. The van der Waals surface area contributed by atoms with Crippen molar-refractivity contribution in [2.24, 2.45) is 0 Å². The van der Waals surface area contributed by atoms with Gasteiger partial charge in [0, 0.05) is 21.4 Å². The SMILES string of the molecule is Cc1cccc(-c2ccc(/C=C/C(=O)O)s2)c1Cl. The Balaban J connectivity index is 2.35. The van der Waals surface area contributed by atoms with Crippen molar-refractivity contribution in [3.05, 3.63) is 51.9 Å². The van der Waals surface area contributed by atoms with Gasteiger partial charge in [0.05, 0.1) is 5.02 Å². The molecule has 0 aliphatic carbocycles. The summed E-state index contributed by atoms with van der Waals surface area (Å²) in [7, 11) is 0. The van der Waals surface area contributed by atoms with E-state index in [0.29, 0.717) is 0 Å². The van der Waals surface area contributed by atoms with Gasteiger partial charge in [0.1, 0.15) is 0 Å². The second-order valence-electron chi connectivity index (χ2n) is 3.81. The zero-order chi connectivity index (χ0) is 13.1. The highest BCUT2D eigenvalue weighted by atomic mass is 35.5. The third-order valence-corrected chi connectivity index (χ3v) is 4.06. The number of rotatable bonds is 3. The van der Waals surface area contributed by atoms with Gasteiger partial charge < -0.3 is 5.11 Å². The van der Waals surface area contributed by atoms with Gasteiger partial charge in [-0.15, -0.1) is 11.3 Å². The van der Waals surface area contributed by atoms with Crippen molar-refractivity contribution in [2.75, 3.05) is 0 Å². The molecule has 1 aromatic heterocycles. The number of aryl methyl sites for hydroxylation is 1. The topological polar surface area (TPSA) is 37.3 Å².